The van der Waals surface area contributed by atoms with Gasteiger partial charge in [0, 0.05) is 43.6 Å². The van der Waals surface area contributed by atoms with Crippen molar-refractivity contribution < 1.29 is 14.3 Å². The second kappa shape index (κ2) is 8.33. The summed E-state index contributed by atoms with van der Waals surface area (Å²) in [5.41, 5.74) is 1.78. The van der Waals surface area contributed by atoms with Crippen LogP contribution in [0.3, 0.4) is 0 Å². The van der Waals surface area contributed by atoms with Gasteiger partial charge >= 0.3 is 0 Å². The van der Waals surface area contributed by atoms with Crippen LogP contribution in [0.5, 0.6) is 5.75 Å². The topological polar surface area (TPSA) is 71.5 Å². The van der Waals surface area contributed by atoms with Crippen molar-refractivity contribution in [2.75, 3.05) is 13.1 Å². The normalized spacial score (nSPS) is 21.9. The molecule has 2 heterocycles. The molecule has 6 heteroatoms. The van der Waals surface area contributed by atoms with E-state index in [0.29, 0.717) is 35.1 Å². The summed E-state index contributed by atoms with van der Waals surface area (Å²) in [5, 5.41) is 2.90. The fourth-order valence-corrected chi connectivity index (χ4v) is 4.97. The van der Waals surface area contributed by atoms with Gasteiger partial charge in [-0.15, -0.1) is 0 Å². The molecule has 2 aromatic rings. The highest BCUT2D eigenvalue weighted by molar-refractivity contribution is 5.94. The summed E-state index contributed by atoms with van der Waals surface area (Å²) in [5.74, 6) is 1.21. The highest BCUT2D eigenvalue weighted by atomic mass is 16.5. The number of amides is 2. The molecule has 0 unspecified atom stereocenters. The monoisotopic (exact) mass is 419 g/mol. The molecule has 2 saturated carbocycles. The molecule has 6 nitrogen and oxygen atoms in total. The van der Waals surface area contributed by atoms with Crippen LogP contribution in [-0.2, 0) is 11.3 Å². The number of nitrogens with one attached hydrogen (secondary N) is 1. The molecule has 1 atom stereocenters. The second-order valence-corrected chi connectivity index (χ2v) is 9.15. The second-order valence-electron chi connectivity index (χ2n) is 9.15. The van der Waals surface area contributed by atoms with Crippen LogP contribution < -0.4 is 10.1 Å². The Morgan fingerprint density at radius 3 is 2.65 bits per heavy atom. The van der Waals surface area contributed by atoms with Gasteiger partial charge in [-0.05, 0) is 55.0 Å². The third-order valence-electron chi connectivity index (χ3n) is 7.15. The van der Waals surface area contributed by atoms with Gasteiger partial charge in [0.25, 0.3) is 5.91 Å². The van der Waals surface area contributed by atoms with Crippen molar-refractivity contribution in [3.8, 4) is 5.75 Å². The molecule has 1 aromatic heterocycles. The standard InChI is InChI=1S/C25H29N3O3/c29-23(27-17-19-6-1-2-12-26-19)18-5-3-7-21(15-18)31-20-8-13-28(14-9-20)24(30)22-16-25(22)10-4-11-25/h1-3,5-7,12,15,20,22H,4,8-11,13-14,16-17H2,(H,27,29)/t22-/m1/s1. The Balaban J connectivity index is 1.11. The molecule has 3 fully saturated rings. The number of hydrogen-bond donors (Lipinski definition) is 1. The van der Waals surface area contributed by atoms with E-state index in [4.69, 9.17) is 4.74 Å². The van der Waals surface area contributed by atoms with Crippen LogP contribution in [0, 0.1) is 11.3 Å². The molecule has 1 spiro atoms. The van der Waals surface area contributed by atoms with Gasteiger partial charge in [0.1, 0.15) is 11.9 Å². The molecule has 1 aromatic carbocycles. The van der Waals surface area contributed by atoms with Crippen molar-refractivity contribution >= 4 is 11.8 Å². The molecule has 5 rings (SSSR count). The maximum atomic E-state index is 12.8. The Morgan fingerprint density at radius 2 is 1.97 bits per heavy atom. The van der Waals surface area contributed by atoms with E-state index in [1.807, 2.05) is 35.2 Å². The van der Waals surface area contributed by atoms with E-state index in [1.54, 1.807) is 18.3 Å². The van der Waals surface area contributed by atoms with E-state index >= 15 is 0 Å². The summed E-state index contributed by atoms with van der Waals surface area (Å²) in [6, 6.07) is 12.9. The number of piperidine rings is 1. The number of benzene rings is 1. The molecule has 1 aliphatic heterocycles. The minimum atomic E-state index is -0.147. The fraction of sp³-hybridized carbons (Fsp3) is 0.480. The minimum Gasteiger partial charge on any atom is -0.490 e. The third kappa shape index (κ3) is 4.29. The van der Waals surface area contributed by atoms with E-state index < -0.39 is 0 Å². The average Bonchev–Trinajstić information content (AvgIpc) is 3.55. The lowest BCUT2D eigenvalue weighted by atomic mass is 9.79. The van der Waals surface area contributed by atoms with Gasteiger partial charge in [-0.2, -0.15) is 0 Å². The van der Waals surface area contributed by atoms with Gasteiger partial charge in [0.05, 0.1) is 12.2 Å². The highest BCUT2D eigenvalue weighted by Crippen LogP contribution is 2.66. The van der Waals surface area contributed by atoms with Crippen LogP contribution in [0.2, 0.25) is 0 Å². The lowest BCUT2D eigenvalue weighted by Gasteiger charge is -2.34. The zero-order valence-corrected chi connectivity index (χ0v) is 17.8. The zero-order valence-electron chi connectivity index (χ0n) is 17.8. The van der Waals surface area contributed by atoms with Gasteiger partial charge < -0.3 is 15.0 Å². The van der Waals surface area contributed by atoms with Crippen LogP contribution in [0.25, 0.3) is 0 Å². The number of nitrogens with zero attached hydrogens (tertiary/aromatic N) is 2. The van der Waals surface area contributed by atoms with Gasteiger partial charge in [-0.25, -0.2) is 0 Å². The Labute approximate surface area is 183 Å². The SMILES string of the molecule is O=C(NCc1ccccn1)c1cccc(OC2CCN(C(=O)[C@H]3CC34CCC4)CC2)c1. The molecule has 1 N–H and O–H groups in total. The van der Waals surface area contributed by atoms with Crippen LogP contribution in [-0.4, -0.2) is 40.9 Å². The number of ether oxygens (including phenoxy) is 1. The smallest absolute Gasteiger partial charge is 0.251 e. The molecular formula is C25H29N3O3. The molecule has 31 heavy (non-hydrogen) atoms. The van der Waals surface area contributed by atoms with E-state index in [1.165, 1.54) is 19.3 Å². The predicted octanol–water partition coefficient (Wildman–Crippen LogP) is 3.57. The fourth-order valence-electron chi connectivity index (χ4n) is 4.97. The Bertz CT molecular complexity index is 949. The first-order chi connectivity index (χ1) is 15.1. The summed E-state index contributed by atoms with van der Waals surface area (Å²) in [4.78, 5) is 31.5. The first-order valence-corrected chi connectivity index (χ1v) is 11.4. The van der Waals surface area contributed by atoms with E-state index in [9.17, 15) is 9.59 Å². The van der Waals surface area contributed by atoms with Gasteiger partial charge in [-0.1, -0.05) is 18.6 Å². The van der Waals surface area contributed by atoms with Crippen LogP contribution in [0.1, 0.15) is 54.6 Å². The van der Waals surface area contributed by atoms with Crippen molar-refractivity contribution in [3.05, 3.63) is 59.9 Å². The molecule has 2 aliphatic carbocycles. The molecular weight excluding hydrogens is 390 g/mol. The van der Waals surface area contributed by atoms with E-state index in [2.05, 4.69) is 10.3 Å². The van der Waals surface area contributed by atoms with Crippen molar-refractivity contribution in [3.63, 3.8) is 0 Å². The summed E-state index contributed by atoms with van der Waals surface area (Å²) in [7, 11) is 0. The number of pyridine rings is 1. The van der Waals surface area contributed by atoms with Crippen molar-refractivity contribution in [2.45, 2.75) is 51.2 Å². The van der Waals surface area contributed by atoms with Crippen molar-refractivity contribution in [2.24, 2.45) is 11.3 Å². The summed E-state index contributed by atoms with van der Waals surface area (Å²) < 4.78 is 6.16. The number of hydrogen-bond acceptors (Lipinski definition) is 4. The lowest BCUT2D eigenvalue weighted by Crippen LogP contribution is -2.43. The lowest BCUT2D eigenvalue weighted by molar-refractivity contribution is -0.135. The van der Waals surface area contributed by atoms with Crippen LogP contribution >= 0.6 is 0 Å². The van der Waals surface area contributed by atoms with Crippen LogP contribution in [0.15, 0.2) is 48.7 Å². The molecule has 0 radical (unpaired) electrons. The highest BCUT2D eigenvalue weighted by Gasteiger charge is 2.61. The zero-order chi connectivity index (χ0) is 21.3. The maximum Gasteiger partial charge on any atom is 0.251 e. The number of carbonyl (C=O) groups is 2. The quantitative estimate of drug-likeness (QED) is 0.777. The Kier molecular flexibility index (Phi) is 5.38. The first-order valence-electron chi connectivity index (χ1n) is 11.4. The maximum absolute atomic E-state index is 12.8. The largest absolute Gasteiger partial charge is 0.490 e. The number of rotatable bonds is 6. The Hall–Kier alpha value is -2.89. The number of likely N-dealkylation sites (tertiary alicyclic amines) is 1. The van der Waals surface area contributed by atoms with Gasteiger partial charge in [0.15, 0.2) is 0 Å². The minimum absolute atomic E-state index is 0.0766. The van der Waals surface area contributed by atoms with Crippen LogP contribution in [0.4, 0.5) is 0 Å². The molecule has 2 amide bonds. The van der Waals surface area contributed by atoms with Gasteiger partial charge in [0.2, 0.25) is 5.91 Å². The Morgan fingerprint density at radius 1 is 1.13 bits per heavy atom. The average molecular weight is 420 g/mol. The predicted molar refractivity (Wildman–Crippen MR) is 116 cm³/mol. The third-order valence-corrected chi connectivity index (χ3v) is 7.15. The van der Waals surface area contributed by atoms with E-state index in [0.717, 1.165) is 38.0 Å². The summed E-state index contributed by atoms with van der Waals surface area (Å²) in [6.45, 7) is 1.92. The van der Waals surface area contributed by atoms with Crippen molar-refractivity contribution in [1.29, 1.82) is 0 Å². The summed E-state index contributed by atoms with van der Waals surface area (Å²) >= 11 is 0. The van der Waals surface area contributed by atoms with Crippen molar-refractivity contribution in [1.82, 2.24) is 15.2 Å². The number of carbonyl (C=O) groups excluding carboxylic acids is 2. The van der Waals surface area contributed by atoms with Gasteiger partial charge in [-0.3, -0.25) is 14.6 Å². The van der Waals surface area contributed by atoms with E-state index in [-0.39, 0.29) is 12.0 Å². The molecule has 0 bridgehead atoms. The molecule has 3 aliphatic rings. The first kappa shape index (κ1) is 20.0. The molecule has 162 valence electrons. The number of aromatic nitrogens is 1. The summed E-state index contributed by atoms with van der Waals surface area (Å²) in [6.07, 6.45) is 8.35. The molecule has 1 saturated heterocycles.